The van der Waals surface area contributed by atoms with Gasteiger partial charge in [-0.25, -0.2) is 0 Å². The van der Waals surface area contributed by atoms with E-state index in [1.807, 2.05) is 0 Å². The molecule has 0 aromatic rings. The molecule has 0 aliphatic carbocycles. The minimum absolute atomic E-state index is 0.0455. The third-order valence-corrected chi connectivity index (χ3v) is 3.63. The van der Waals surface area contributed by atoms with Crippen LogP contribution in [0.2, 0.25) is 0 Å². The third-order valence-electron chi connectivity index (χ3n) is 3.63. The van der Waals surface area contributed by atoms with Gasteiger partial charge in [0.25, 0.3) is 0 Å². The van der Waals surface area contributed by atoms with Crippen LogP contribution < -0.4 is 5.73 Å². The van der Waals surface area contributed by atoms with Gasteiger partial charge in [-0.1, -0.05) is 0 Å². The molecule has 0 amide bonds. The topological polar surface area (TPSA) is 41.7 Å². The number of piperidine rings is 1. The van der Waals surface area contributed by atoms with Crippen LogP contribution in [-0.4, -0.2) is 68.3 Å². The second-order valence-corrected chi connectivity index (χ2v) is 5.05. The fraction of sp³-hybridized carbons (Fsp3) is 1.00. The van der Waals surface area contributed by atoms with E-state index in [0.717, 1.165) is 58.8 Å². The Morgan fingerprint density at radius 1 is 1.13 bits per heavy atom. The van der Waals surface area contributed by atoms with Crippen LogP contribution in [0.5, 0.6) is 0 Å². The van der Waals surface area contributed by atoms with Gasteiger partial charge in [0, 0.05) is 25.2 Å². The number of nitrogens with two attached hydrogens (primary N) is 1. The van der Waals surface area contributed by atoms with E-state index in [9.17, 15) is 0 Å². The first-order chi connectivity index (χ1) is 7.18. The molecular weight excluding hydrogens is 190 g/mol. The fourth-order valence-corrected chi connectivity index (χ4v) is 2.43. The van der Waals surface area contributed by atoms with Crippen molar-refractivity contribution in [2.45, 2.75) is 18.4 Å². The molecular formula is C11H23N3O. The number of ether oxygens (including phenoxy) is 1. The molecule has 2 heterocycles. The van der Waals surface area contributed by atoms with Crippen LogP contribution >= 0.6 is 0 Å². The number of hydrogen-bond acceptors (Lipinski definition) is 4. The van der Waals surface area contributed by atoms with E-state index in [2.05, 4.69) is 16.8 Å². The van der Waals surface area contributed by atoms with Crippen molar-refractivity contribution in [3.63, 3.8) is 0 Å². The summed E-state index contributed by atoms with van der Waals surface area (Å²) in [5, 5.41) is 0. The van der Waals surface area contributed by atoms with Gasteiger partial charge >= 0.3 is 0 Å². The molecule has 2 aliphatic rings. The molecule has 0 bridgehead atoms. The number of rotatable bonds is 2. The highest BCUT2D eigenvalue weighted by Crippen LogP contribution is 2.20. The molecule has 4 nitrogen and oxygen atoms in total. The van der Waals surface area contributed by atoms with E-state index in [1.54, 1.807) is 0 Å². The monoisotopic (exact) mass is 213 g/mol. The van der Waals surface area contributed by atoms with Crippen molar-refractivity contribution in [2.24, 2.45) is 5.73 Å². The van der Waals surface area contributed by atoms with E-state index < -0.39 is 0 Å². The zero-order valence-corrected chi connectivity index (χ0v) is 9.74. The molecule has 2 rings (SSSR count). The highest BCUT2D eigenvalue weighted by Gasteiger charge is 2.31. The normalized spacial score (nSPS) is 29.2. The van der Waals surface area contributed by atoms with Crippen LogP contribution in [0.3, 0.4) is 0 Å². The minimum Gasteiger partial charge on any atom is -0.379 e. The maximum absolute atomic E-state index is 6.44. The summed E-state index contributed by atoms with van der Waals surface area (Å²) < 4.78 is 5.35. The Labute approximate surface area is 92.4 Å². The molecule has 2 N–H and O–H groups in total. The Morgan fingerprint density at radius 3 is 2.33 bits per heavy atom. The van der Waals surface area contributed by atoms with E-state index >= 15 is 0 Å². The van der Waals surface area contributed by atoms with Crippen molar-refractivity contribution in [2.75, 3.05) is 53.0 Å². The first kappa shape index (κ1) is 11.3. The van der Waals surface area contributed by atoms with Crippen molar-refractivity contribution < 1.29 is 4.74 Å². The van der Waals surface area contributed by atoms with Crippen LogP contribution in [0.4, 0.5) is 0 Å². The Balaban J connectivity index is 1.81. The molecule has 0 unspecified atom stereocenters. The standard InChI is InChI=1S/C11H23N3O/c1-13-4-2-11(12,3-5-13)10-14-6-8-15-9-7-14/h2-10,12H2,1H3. The number of nitrogens with zero attached hydrogens (tertiary/aromatic N) is 2. The Kier molecular flexibility index (Phi) is 3.61. The van der Waals surface area contributed by atoms with Crippen LogP contribution in [0.25, 0.3) is 0 Å². The number of morpholine rings is 1. The van der Waals surface area contributed by atoms with Crippen LogP contribution in [0.1, 0.15) is 12.8 Å². The summed E-state index contributed by atoms with van der Waals surface area (Å²) in [4.78, 5) is 4.82. The van der Waals surface area contributed by atoms with E-state index in [1.165, 1.54) is 0 Å². The fourth-order valence-electron chi connectivity index (χ4n) is 2.43. The van der Waals surface area contributed by atoms with Gasteiger partial charge in [0.15, 0.2) is 0 Å². The van der Waals surface area contributed by atoms with Gasteiger partial charge in [-0.15, -0.1) is 0 Å². The zero-order chi connectivity index (χ0) is 10.7. The SMILES string of the molecule is CN1CCC(N)(CN2CCOCC2)CC1. The van der Waals surface area contributed by atoms with Gasteiger partial charge in [0.1, 0.15) is 0 Å². The van der Waals surface area contributed by atoms with E-state index in [0.29, 0.717) is 0 Å². The number of likely N-dealkylation sites (tertiary alicyclic amines) is 1. The average molecular weight is 213 g/mol. The molecule has 2 fully saturated rings. The third kappa shape index (κ3) is 3.14. The quantitative estimate of drug-likeness (QED) is 0.686. The molecule has 0 atom stereocenters. The van der Waals surface area contributed by atoms with Crippen LogP contribution in [-0.2, 0) is 4.74 Å². The van der Waals surface area contributed by atoms with Crippen LogP contribution in [0.15, 0.2) is 0 Å². The highest BCUT2D eigenvalue weighted by molar-refractivity contribution is 4.92. The molecule has 2 saturated heterocycles. The first-order valence-electron chi connectivity index (χ1n) is 5.96. The lowest BCUT2D eigenvalue weighted by molar-refractivity contribution is 0.0204. The Morgan fingerprint density at radius 2 is 1.73 bits per heavy atom. The lowest BCUT2D eigenvalue weighted by Gasteiger charge is -2.41. The largest absolute Gasteiger partial charge is 0.379 e. The zero-order valence-electron chi connectivity index (χ0n) is 9.74. The van der Waals surface area contributed by atoms with Gasteiger partial charge in [-0.2, -0.15) is 0 Å². The smallest absolute Gasteiger partial charge is 0.0594 e. The van der Waals surface area contributed by atoms with E-state index in [-0.39, 0.29) is 5.54 Å². The summed E-state index contributed by atoms with van der Waals surface area (Å²) in [5.74, 6) is 0. The molecule has 0 aromatic carbocycles. The van der Waals surface area contributed by atoms with Gasteiger partial charge < -0.3 is 15.4 Å². The molecule has 15 heavy (non-hydrogen) atoms. The molecule has 0 aromatic heterocycles. The molecule has 2 aliphatic heterocycles. The molecule has 0 saturated carbocycles. The maximum Gasteiger partial charge on any atom is 0.0594 e. The Hall–Kier alpha value is -0.160. The highest BCUT2D eigenvalue weighted by atomic mass is 16.5. The van der Waals surface area contributed by atoms with Gasteiger partial charge in [0.05, 0.1) is 13.2 Å². The minimum atomic E-state index is 0.0455. The van der Waals surface area contributed by atoms with Crippen molar-refractivity contribution >= 4 is 0 Å². The predicted octanol–water partition coefficient (Wildman–Crippen LogP) is -0.258. The Bertz CT molecular complexity index is 196. The van der Waals surface area contributed by atoms with Gasteiger partial charge in [-0.3, -0.25) is 4.90 Å². The summed E-state index contributed by atoms with van der Waals surface area (Å²) >= 11 is 0. The summed E-state index contributed by atoms with van der Waals surface area (Å²) in [6, 6.07) is 0. The number of hydrogen-bond donors (Lipinski definition) is 1. The van der Waals surface area contributed by atoms with E-state index in [4.69, 9.17) is 10.5 Å². The predicted molar refractivity (Wildman–Crippen MR) is 60.9 cm³/mol. The van der Waals surface area contributed by atoms with Crippen molar-refractivity contribution in [3.05, 3.63) is 0 Å². The second kappa shape index (κ2) is 4.78. The summed E-state index contributed by atoms with van der Waals surface area (Å²) in [6.45, 7) is 7.17. The summed E-state index contributed by atoms with van der Waals surface area (Å²) in [5.41, 5.74) is 6.49. The van der Waals surface area contributed by atoms with Crippen molar-refractivity contribution in [1.29, 1.82) is 0 Å². The lowest BCUT2D eigenvalue weighted by atomic mass is 9.88. The second-order valence-electron chi connectivity index (χ2n) is 5.05. The maximum atomic E-state index is 6.44. The molecule has 0 radical (unpaired) electrons. The first-order valence-corrected chi connectivity index (χ1v) is 5.96. The van der Waals surface area contributed by atoms with Crippen molar-refractivity contribution in [3.8, 4) is 0 Å². The molecule has 0 spiro atoms. The van der Waals surface area contributed by atoms with Gasteiger partial charge in [0.2, 0.25) is 0 Å². The van der Waals surface area contributed by atoms with Gasteiger partial charge in [-0.05, 0) is 33.0 Å². The lowest BCUT2D eigenvalue weighted by Crippen LogP contribution is -2.57. The van der Waals surface area contributed by atoms with Crippen molar-refractivity contribution in [1.82, 2.24) is 9.80 Å². The average Bonchev–Trinajstić information content (AvgIpc) is 2.24. The molecule has 88 valence electrons. The summed E-state index contributed by atoms with van der Waals surface area (Å²) in [7, 11) is 2.17. The van der Waals surface area contributed by atoms with Crippen LogP contribution in [0, 0.1) is 0 Å². The summed E-state index contributed by atoms with van der Waals surface area (Å²) in [6.07, 6.45) is 2.25. The molecule has 4 heteroatoms.